The Bertz CT molecular complexity index is 335. The van der Waals surface area contributed by atoms with Crippen LogP contribution in [0.25, 0.3) is 0 Å². The Kier molecular flexibility index (Phi) is 5.71. The van der Waals surface area contributed by atoms with Crippen LogP contribution >= 0.6 is 23.5 Å². The summed E-state index contributed by atoms with van der Waals surface area (Å²) in [6.45, 7) is 8.39. The zero-order chi connectivity index (χ0) is 14.8. The van der Waals surface area contributed by atoms with Crippen LogP contribution in [-0.4, -0.2) is 70.4 Å². The summed E-state index contributed by atoms with van der Waals surface area (Å²) in [4.78, 5) is 16.7. The summed E-state index contributed by atoms with van der Waals surface area (Å²) in [6.07, 6.45) is 0.731. The lowest BCUT2D eigenvalue weighted by molar-refractivity contribution is -0.131. The fraction of sp³-hybridized carbons (Fsp3) is 0.933. The second kappa shape index (κ2) is 6.93. The van der Waals surface area contributed by atoms with E-state index < -0.39 is 0 Å². The van der Waals surface area contributed by atoms with Gasteiger partial charge in [-0.25, -0.2) is 0 Å². The predicted octanol–water partition coefficient (Wildman–Crippen LogP) is 2.41. The third-order valence-electron chi connectivity index (χ3n) is 4.18. The van der Waals surface area contributed by atoms with Crippen molar-refractivity contribution in [3.63, 3.8) is 0 Å². The molecule has 1 amide bonds. The number of carbonyl (C=O) groups excluding carboxylic acids is 1. The van der Waals surface area contributed by atoms with Crippen molar-refractivity contribution < 1.29 is 4.79 Å². The van der Waals surface area contributed by atoms with Gasteiger partial charge in [0.15, 0.2) is 0 Å². The number of amides is 1. The van der Waals surface area contributed by atoms with E-state index in [1.54, 1.807) is 0 Å². The summed E-state index contributed by atoms with van der Waals surface area (Å²) < 4.78 is 0. The first-order valence-electron chi connectivity index (χ1n) is 7.54. The van der Waals surface area contributed by atoms with Crippen LogP contribution in [-0.2, 0) is 4.79 Å². The molecule has 0 saturated carbocycles. The number of hydrogen-bond donors (Lipinski definition) is 0. The Hall–Kier alpha value is 0.130. The van der Waals surface area contributed by atoms with E-state index in [9.17, 15) is 4.79 Å². The van der Waals surface area contributed by atoms with Crippen LogP contribution in [0.1, 0.15) is 27.2 Å². The molecule has 5 heteroatoms. The van der Waals surface area contributed by atoms with Crippen molar-refractivity contribution in [2.24, 2.45) is 5.92 Å². The number of carbonyl (C=O) groups is 1. The summed E-state index contributed by atoms with van der Waals surface area (Å²) in [5, 5.41) is 0. The molecule has 0 spiro atoms. The normalized spacial score (nSPS) is 26.4. The average molecular weight is 317 g/mol. The minimum Gasteiger partial charge on any atom is -0.338 e. The van der Waals surface area contributed by atoms with Crippen molar-refractivity contribution >= 4 is 29.4 Å². The number of thioether (sulfide) groups is 2. The first-order valence-corrected chi connectivity index (χ1v) is 9.85. The molecule has 0 aliphatic carbocycles. The van der Waals surface area contributed by atoms with Crippen LogP contribution in [0, 0.1) is 5.92 Å². The lowest BCUT2D eigenvalue weighted by Gasteiger charge is -2.33. The first-order chi connectivity index (χ1) is 9.38. The highest BCUT2D eigenvalue weighted by atomic mass is 32.2. The molecule has 2 rings (SSSR count). The van der Waals surface area contributed by atoms with Crippen molar-refractivity contribution in [2.75, 3.05) is 43.1 Å². The fourth-order valence-electron chi connectivity index (χ4n) is 2.97. The molecule has 0 bridgehead atoms. The van der Waals surface area contributed by atoms with Gasteiger partial charge in [0.1, 0.15) is 0 Å². The molecule has 1 unspecified atom stereocenters. The summed E-state index contributed by atoms with van der Waals surface area (Å²) in [5.41, 5.74) is -0.0293. The molecule has 0 N–H and O–H groups in total. The molecule has 2 aliphatic rings. The molecule has 0 radical (unpaired) electrons. The van der Waals surface area contributed by atoms with Gasteiger partial charge in [-0.2, -0.15) is 23.5 Å². The third kappa shape index (κ3) is 4.31. The molecular formula is C15H28N2OS2. The topological polar surface area (TPSA) is 23.6 Å². The monoisotopic (exact) mass is 316 g/mol. The Morgan fingerprint density at radius 3 is 2.35 bits per heavy atom. The van der Waals surface area contributed by atoms with Gasteiger partial charge in [0.05, 0.1) is 0 Å². The predicted molar refractivity (Wildman–Crippen MR) is 90.6 cm³/mol. The number of hydrogen-bond acceptors (Lipinski definition) is 4. The molecule has 2 heterocycles. The smallest absolute Gasteiger partial charge is 0.223 e. The van der Waals surface area contributed by atoms with Gasteiger partial charge >= 0.3 is 0 Å². The lowest BCUT2D eigenvalue weighted by Crippen LogP contribution is -2.43. The Morgan fingerprint density at radius 2 is 1.85 bits per heavy atom. The van der Waals surface area contributed by atoms with Gasteiger partial charge in [0.25, 0.3) is 0 Å². The lowest BCUT2D eigenvalue weighted by atomic mass is 10.1. The second-order valence-electron chi connectivity index (χ2n) is 6.99. The highest BCUT2D eigenvalue weighted by Crippen LogP contribution is 2.27. The maximum Gasteiger partial charge on any atom is 0.223 e. The first kappa shape index (κ1) is 16.5. The third-order valence-corrected chi connectivity index (χ3v) is 6.66. The van der Waals surface area contributed by atoms with E-state index in [2.05, 4.69) is 61.1 Å². The molecule has 2 saturated heterocycles. The van der Waals surface area contributed by atoms with Crippen molar-refractivity contribution in [1.82, 2.24) is 9.80 Å². The maximum atomic E-state index is 12.1. The Morgan fingerprint density at radius 1 is 1.25 bits per heavy atom. The molecule has 116 valence electrons. The molecule has 1 atom stereocenters. The second-order valence-corrected chi connectivity index (χ2v) is 9.29. The quantitative estimate of drug-likeness (QED) is 0.798. The van der Waals surface area contributed by atoms with E-state index in [1.807, 2.05) is 0 Å². The average Bonchev–Trinajstić information content (AvgIpc) is 2.59. The molecule has 3 nitrogen and oxygen atoms in total. The molecular weight excluding hydrogens is 288 g/mol. The van der Waals surface area contributed by atoms with Gasteiger partial charge in [0.2, 0.25) is 5.91 Å². The van der Waals surface area contributed by atoms with E-state index in [4.69, 9.17) is 0 Å². The van der Waals surface area contributed by atoms with Crippen LogP contribution < -0.4 is 0 Å². The molecule has 0 aromatic carbocycles. The van der Waals surface area contributed by atoms with Crippen molar-refractivity contribution in [2.45, 2.75) is 38.8 Å². The summed E-state index contributed by atoms with van der Waals surface area (Å²) in [6, 6.07) is 0.672. The standard InChI is InChI=1S/C15H28N2OS2/c1-15(2,3)17-9-12(7-14(17)18)8-16(4)13-10-19-5-6-20-11-13/h12-13H,5-11H2,1-4H3. The van der Waals surface area contributed by atoms with Crippen molar-refractivity contribution in [1.29, 1.82) is 0 Å². The minimum atomic E-state index is -0.0293. The van der Waals surface area contributed by atoms with Gasteiger partial charge in [-0.15, -0.1) is 0 Å². The maximum absolute atomic E-state index is 12.1. The molecule has 2 aliphatic heterocycles. The van der Waals surface area contributed by atoms with E-state index >= 15 is 0 Å². The van der Waals surface area contributed by atoms with Crippen LogP contribution in [0.2, 0.25) is 0 Å². The molecule has 0 aromatic rings. The number of rotatable bonds is 3. The highest BCUT2D eigenvalue weighted by Gasteiger charge is 2.37. The molecule has 0 aromatic heterocycles. The van der Waals surface area contributed by atoms with Gasteiger partial charge in [-0.3, -0.25) is 4.79 Å². The van der Waals surface area contributed by atoms with Gasteiger partial charge in [0, 0.05) is 54.1 Å². The SMILES string of the molecule is CN(CC1CC(=O)N(C(C)(C)C)C1)C1CSCCSC1. The van der Waals surface area contributed by atoms with E-state index in [-0.39, 0.29) is 5.54 Å². The minimum absolute atomic E-state index is 0.0293. The van der Waals surface area contributed by atoms with Gasteiger partial charge in [-0.05, 0) is 33.7 Å². The molecule has 2 fully saturated rings. The van der Waals surface area contributed by atoms with E-state index in [0.29, 0.717) is 17.9 Å². The fourth-order valence-corrected chi connectivity index (χ4v) is 5.68. The van der Waals surface area contributed by atoms with E-state index in [1.165, 1.54) is 23.0 Å². The van der Waals surface area contributed by atoms with Gasteiger partial charge < -0.3 is 9.80 Å². The van der Waals surface area contributed by atoms with Crippen molar-refractivity contribution in [3.05, 3.63) is 0 Å². The largest absolute Gasteiger partial charge is 0.338 e. The summed E-state index contributed by atoms with van der Waals surface area (Å²) >= 11 is 4.15. The summed E-state index contributed by atoms with van der Waals surface area (Å²) in [7, 11) is 2.24. The number of nitrogens with zero attached hydrogens (tertiary/aromatic N) is 2. The van der Waals surface area contributed by atoms with Crippen molar-refractivity contribution in [3.8, 4) is 0 Å². The Balaban J connectivity index is 1.86. The van der Waals surface area contributed by atoms with Crippen LogP contribution in [0.4, 0.5) is 0 Å². The van der Waals surface area contributed by atoms with Gasteiger partial charge in [-0.1, -0.05) is 0 Å². The zero-order valence-corrected chi connectivity index (χ0v) is 14.9. The highest BCUT2D eigenvalue weighted by molar-refractivity contribution is 8.03. The molecule has 20 heavy (non-hydrogen) atoms. The van der Waals surface area contributed by atoms with Crippen LogP contribution in [0.15, 0.2) is 0 Å². The van der Waals surface area contributed by atoms with Crippen LogP contribution in [0.5, 0.6) is 0 Å². The zero-order valence-electron chi connectivity index (χ0n) is 13.2. The van der Waals surface area contributed by atoms with E-state index in [0.717, 1.165) is 19.5 Å². The van der Waals surface area contributed by atoms with Crippen LogP contribution in [0.3, 0.4) is 0 Å². The Labute approximate surface area is 132 Å². The summed E-state index contributed by atoms with van der Waals surface area (Å²) in [5.74, 6) is 5.90. The number of likely N-dealkylation sites (tertiary alicyclic amines) is 1.